The van der Waals surface area contributed by atoms with Gasteiger partial charge in [-0.3, -0.25) is 0 Å². The molecule has 0 aliphatic rings. The fraction of sp³-hybridized carbons (Fsp3) is 0.0625. The number of anilines is 3. The van der Waals surface area contributed by atoms with E-state index in [0.717, 1.165) is 61.3 Å². The molecule has 66 heavy (non-hydrogen) atoms. The molecule has 0 saturated carbocycles. The molecule has 0 radical (unpaired) electrons. The average Bonchev–Trinajstić information content (AvgIpc) is 3.80. The van der Waals surface area contributed by atoms with Crippen LogP contribution in [-0.2, 0) is 0 Å². The van der Waals surface area contributed by atoms with E-state index in [2.05, 4.69) is 248 Å². The molecule has 0 spiro atoms. The maximum Gasteiger partial charge on any atom is 0.136 e. The van der Waals surface area contributed by atoms with E-state index in [9.17, 15) is 0 Å². The highest BCUT2D eigenvalue weighted by molar-refractivity contribution is 6.14. The van der Waals surface area contributed by atoms with Crippen molar-refractivity contribution in [1.82, 2.24) is 0 Å². The highest BCUT2D eigenvalue weighted by Gasteiger charge is 2.22. The summed E-state index contributed by atoms with van der Waals surface area (Å²) < 4.78 is 6.48. The molecule has 1 aromatic heterocycles. The monoisotopic (exact) mass is 851 g/mol. The van der Waals surface area contributed by atoms with Crippen LogP contribution in [0.25, 0.3) is 88.7 Å². The van der Waals surface area contributed by atoms with Gasteiger partial charge in [0.2, 0.25) is 0 Å². The van der Waals surface area contributed by atoms with Gasteiger partial charge in [-0.25, -0.2) is 0 Å². The van der Waals surface area contributed by atoms with Crippen molar-refractivity contribution in [2.45, 2.75) is 27.7 Å². The predicted molar refractivity (Wildman–Crippen MR) is 284 cm³/mol. The zero-order valence-corrected chi connectivity index (χ0v) is 38.0. The van der Waals surface area contributed by atoms with Gasteiger partial charge in [0.05, 0.1) is 5.69 Å². The third kappa shape index (κ3) is 8.82. The molecule has 11 aromatic rings. The molecule has 320 valence electrons. The Kier molecular flexibility index (Phi) is 13.1. The Bertz CT molecular complexity index is 3160. The molecule has 0 atom stereocenters. The zero-order valence-electron chi connectivity index (χ0n) is 38.0. The third-order valence-electron chi connectivity index (χ3n) is 11.9. The molecule has 2 heteroatoms. The van der Waals surface area contributed by atoms with Crippen LogP contribution >= 0.6 is 0 Å². The minimum atomic E-state index is 0.868. The first-order valence-electron chi connectivity index (χ1n) is 23.2. The maximum absolute atomic E-state index is 6.48. The highest BCUT2D eigenvalue weighted by Crippen LogP contribution is 2.47. The van der Waals surface area contributed by atoms with Crippen LogP contribution < -0.4 is 4.90 Å². The van der Waals surface area contributed by atoms with Crippen molar-refractivity contribution in [2.24, 2.45) is 0 Å². The molecule has 2 nitrogen and oxygen atoms in total. The summed E-state index contributed by atoms with van der Waals surface area (Å²) in [6.45, 7) is 8.00. The van der Waals surface area contributed by atoms with Gasteiger partial charge in [-0.1, -0.05) is 216 Å². The minimum absolute atomic E-state index is 0.868. The van der Waals surface area contributed by atoms with Gasteiger partial charge in [0.25, 0.3) is 0 Å². The Hall–Kier alpha value is -8.20. The number of benzene rings is 10. The summed E-state index contributed by atoms with van der Waals surface area (Å²) in [5, 5.41) is 2.20. The maximum atomic E-state index is 6.48. The lowest BCUT2D eigenvalue weighted by molar-refractivity contribution is 0.669. The first-order valence-corrected chi connectivity index (χ1v) is 23.2. The lowest BCUT2D eigenvalue weighted by atomic mass is 9.91. The Morgan fingerprint density at radius 1 is 0.273 bits per heavy atom. The normalized spacial score (nSPS) is 10.7. The number of hydrogen-bond donors (Lipinski definition) is 0. The fourth-order valence-electron chi connectivity index (χ4n) is 8.81. The molecule has 0 saturated heterocycles. The molecule has 0 aliphatic carbocycles. The second-order valence-corrected chi connectivity index (χ2v) is 15.7. The minimum Gasteiger partial charge on any atom is -0.456 e. The summed E-state index contributed by atoms with van der Waals surface area (Å²) in [6.07, 6.45) is 0. The van der Waals surface area contributed by atoms with E-state index in [1.807, 2.05) is 33.8 Å². The quantitative estimate of drug-likeness (QED) is 0.144. The Balaban J connectivity index is 0.00000133. The molecule has 0 unspecified atom stereocenters. The first-order chi connectivity index (χ1) is 32.7. The summed E-state index contributed by atoms with van der Waals surface area (Å²) in [4.78, 5) is 2.42. The van der Waals surface area contributed by atoms with Crippen molar-refractivity contribution in [1.29, 1.82) is 0 Å². The summed E-state index contributed by atoms with van der Waals surface area (Å²) in [5.41, 5.74) is 18.8. The van der Waals surface area contributed by atoms with Crippen LogP contribution in [0.3, 0.4) is 0 Å². The van der Waals surface area contributed by atoms with Crippen LogP contribution in [0.4, 0.5) is 17.1 Å². The summed E-state index contributed by atoms with van der Waals surface area (Å²) in [5.74, 6) is 0. The number of nitrogens with zero attached hydrogens (tertiary/aromatic N) is 1. The van der Waals surface area contributed by atoms with Crippen LogP contribution in [-0.4, -0.2) is 0 Å². The van der Waals surface area contributed by atoms with Crippen molar-refractivity contribution in [3.63, 3.8) is 0 Å². The standard InChI is InChI=1S/C60H41NO.2C2H6/c1-5-16-42(17-6-1)46-28-33-52(34-29-46)61(53-35-30-47(31-36-53)43-18-7-2-8-19-43)57-41-48(32-37-54(57)55-25-15-27-59-60(55)56-24-13-14-26-58(56)62-59)51-39-49(44-20-9-3-10-21-44)38-50(40-51)45-22-11-4-12-23-45;2*1-2/h1-41H;2*1-2H3. The summed E-state index contributed by atoms with van der Waals surface area (Å²) in [6, 6.07) is 89.2. The smallest absolute Gasteiger partial charge is 0.136 e. The van der Waals surface area contributed by atoms with Crippen LogP contribution in [0.2, 0.25) is 0 Å². The molecule has 0 N–H and O–H groups in total. The Labute approximate surface area is 389 Å². The van der Waals surface area contributed by atoms with Crippen LogP contribution in [0.15, 0.2) is 253 Å². The largest absolute Gasteiger partial charge is 0.456 e. The van der Waals surface area contributed by atoms with E-state index in [0.29, 0.717) is 0 Å². The lowest BCUT2D eigenvalue weighted by Gasteiger charge is -2.29. The molecule has 1 heterocycles. The number of para-hydroxylation sites is 1. The number of hydrogen-bond acceptors (Lipinski definition) is 2. The van der Waals surface area contributed by atoms with E-state index < -0.39 is 0 Å². The van der Waals surface area contributed by atoms with Gasteiger partial charge in [0.1, 0.15) is 11.2 Å². The van der Waals surface area contributed by atoms with Crippen LogP contribution in [0.1, 0.15) is 27.7 Å². The third-order valence-corrected chi connectivity index (χ3v) is 11.9. The van der Waals surface area contributed by atoms with Gasteiger partial charge >= 0.3 is 0 Å². The molecule has 0 bridgehead atoms. The topological polar surface area (TPSA) is 16.4 Å². The molecular formula is C64H53NO. The Morgan fingerprint density at radius 3 is 1.14 bits per heavy atom. The second kappa shape index (κ2) is 20.1. The van der Waals surface area contributed by atoms with Crippen molar-refractivity contribution >= 4 is 39.0 Å². The van der Waals surface area contributed by atoms with E-state index in [1.165, 1.54) is 44.5 Å². The van der Waals surface area contributed by atoms with Gasteiger partial charge < -0.3 is 9.32 Å². The highest BCUT2D eigenvalue weighted by atomic mass is 16.3. The van der Waals surface area contributed by atoms with Crippen LogP contribution in [0, 0.1) is 0 Å². The number of furan rings is 1. The molecular weight excluding hydrogens is 799 g/mol. The van der Waals surface area contributed by atoms with Gasteiger partial charge in [-0.15, -0.1) is 0 Å². The molecule has 0 aliphatic heterocycles. The van der Waals surface area contributed by atoms with E-state index in [-0.39, 0.29) is 0 Å². The van der Waals surface area contributed by atoms with E-state index in [1.54, 1.807) is 0 Å². The van der Waals surface area contributed by atoms with Crippen molar-refractivity contribution < 1.29 is 4.42 Å². The molecule has 11 rings (SSSR count). The fourth-order valence-corrected chi connectivity index (χ4v) is 8.81. The van der Waals surface area contributed by atoms with Crippen molar-refractivity contribution in [3.8, 4) is 66.8 Å². The molecule has 10 aromatic carbocycles. The summed E-state index contributed by atoms with van der Waals surface area (Å²) >= 11 is 0. The van der Waals surface area contributed by atoms with Gasteiger partial charge in [-0.05, 0) is 122 Å². The van der Waals surface area contributed by atoms with E-state index >= 15 is 0 Å². The Morgan fingerprint density at radius 2 is 0.652 bits per heavy atom. The molecule has 0 fully saturated rings. The van der Waals surface area contributed by atoms with Crippen LogP contribution in [0.5, 0.6) is 0 Å². The second-order valence-electron chi connectivity index (χ2n) is 15.7. The van der Waals surface area contributed by atoms with Gasteiger partial charge in [0, 0.05) is 27.7 Å². The lowest BCUT2D eigenvalue weighted by Crippen LogP contribution is -2.11. The van der Waals surface area contributed by atoms with Gasteiger partial charge in [0.15, 0.2) is 0 Å². The SMILES string of the molecule is CC.CC.c1ccc(-c2ccc(N(c3ccc(-c4ccccc4)cc3)c3cc(-c4cc(-c5ccccc5)cc(-c5ccccc5)c4)ccc3-c3cccc4oc5ccccc5c34)cc2)cc1. The zero-order chi connectivity index (χ0) is 45.2. The number of fused-ring (bicyclic) bond motifs is 3. The first kappa shape index (κ1) is 43.1. The van der Waals surface area contributed by atoms with E-state index in [4.69, 9.17) is 4.42 Å². The average molecular weight is 852 g/mol. The summed E-state index contributed by atoms with van der Waals surface area (Å²) in [7, 11) is 0. The number of rotatable bonds is 9. The van der Waals surface area contributed by atoms with Crippen molar-refractivity contribution in [3.05, 3.63) is 249 Å². The van der Waals surface area contributed by atoms with Crippen molar-refractivity contribution in [2.75, 3.05) is 4.90 Å². The predicted octanol–water partition coefficient (Wildman–Crippen LogP) is 19.1. The molecule has 0 amide bonds. The van der Waals surface area contributed by atoms with Gasteiger partial charge in [-0.2, -0.15) is 0 Å².